The molecule has 0 aliphatic carbocycles. The van der Waals surface area contributed by atoms with Crippen LogP contribution in [0.1, 0.15) is 37.0 Å². The van der Waals surface area contributed by atoms with E-state index >= 15 is 0 Å². The maximum atomic E-state index is 12.6. The Hall–Kier alpha value is -1.88. The summed E-state index contributed by atoms with van der Waals surface area (Å²) in [6, 6.07) is 7.36. The van der Waals surface area contributed by atoms with Crippen molar-refractivity contribution in [2.45, 2.75) is 38.9 Å². The van der Waals surface area contributed by atoms with Crippen molar-refractivity contribution in [1.82, 2.24) is 4.90 Å². The number of carbonyl (C=O) groups is 2. The Morgan fingerprint density at radius 2 is 1.77 bits per heavy atom. The standard InChI is InChI=1S/C17H22N2O3/c1-12-10-18(11-13(2)22-12)17(21)14-5-7-15(8-6-14)19-9-3-4-16(19)20/h5-8,12-13H,3-4,9-11H2,1-2H3/t12-,13-/m0/s1. The van der Waals surface area contributed by atoms with Gasteiger partial charge in [-0.3, -0.25) is 9.59 Å². The number of carbonyl (C=O) groups excluding carboxylic acids is 2. The zero-order valence-corrected chi connectivity index (χ0v) is 13.1. The van der Waals surface area contributed by atoms with E-state index in [-0.39, 0.29) is 24.0 Å². The summed E-state index contributed by atoms with van der Waals surface area (Å²) in [5.74, 6) is 0.191. The van der Waals surface area contributed by atoms with E-state index < -0.39 is 0 Å². The molecule has 0 aromatic heterocycles. The van der Waals surface area contributed by atoms with Crippen LogP contribution in [0, 0.1) is 0 Å². The molecule has 5 nitrogen and oxygen atoms in total. The third-order valence-electron chi connectivity index (χ3n) is 4.21. The van der Waals surface area contributed by atoms with Gasteiger partial charge in [0.05, 0.1) is 12.2 Å². The van der Waals surface area contributed by atoms with Gasteiger partial charge in [-0.1, -0.05) is 0 Å². The second kappa shape index (κ2) is 6.08. The summed E-state index contributed by atoms with van der Waals surface area (Å²) >= 11 is 0. The third-order valence-corrected chi connectivity index (χ3v) is 4.21. The van der Waals surface area contributed by atoms with E-state index in [1.165, 1.54) is 0 Å². The largest absolute Gasteiger partial charge is 0.372 e. The normalized spacial score (nSPS) is 25.6. The highest BCUT2D eigenvalue weighted by molar-refractivity contribution is 5.97. The van der Waals surface area contributed by atoms with Gasteiger partial charge in [-0.05, 0) is 44.5 Å². The van der Waals surface area contributed by atoms with E-state index in [2.05, 4.69) is 0 Å². The van der Waals surface area contributed by atoms with Crippen molar-refractivity contribution in [2.24, 2.45) is 0 Å². The molecule has 5 heteroatoms. The van der Waals surface area contributed by atoms with Gasteiger partial charge in [0, 0.05) is 37.3 Å². The number of hydrogen-bond acceptors (Lipinski definition) is 3. The molecule has 2 fully saturated rings. The molecule has 0 unspecified atom stereocenters. The van der Waals surface area contributed by atoms with E-state index in [0.717, 1.165) is 18.7 Å². The minimum absolute atomic E-state index is 0.0290. The van der Waals surface area contributed by atoms with Gasteiger partial charge in [0.25, 0.3) is 5.91 Å². The fourth-order valence-electron chi connectivity index (χ4n) is 3.23. The summed E-state index contributed by atoms with van der Waals surface area (Å²) in [6.45, 7) is 5.98. The maximum Gasteiger partial charge on any atom is 0.254 e. The minimum Gasteiger partial charge on any atom is -0.372 e. The number of nitrogens with zero attached hydrogens (tertiary/aromatic N) is 2. The highest BCUT2D eigenvalue weighted by atomic mass is 16.5. The Balaban J connectivity index is 1.72. The molecule has 2 saturated heterocycles. The Morgan fingerprint density at radius 1 is 1.14 bits per heavy atom. The SMILES string of the molecule is C[C@H]1CN(C(=O)c2ccc(N3CCCC3=O)cc2)C[C@H](C)O1. The molecule has 3 rings (SSSR count). The van der Waals surface area contributed by atoms with E-state index in [9.17, 15) is 9.59 Å². The molecule has 22 heavy (non-hydrogen) atoms. The molecule has 0 spiro atoms. The van der Waals surface area contributed by atoms with Crippen molar-refractivity contribution in [2.75, 3.05) is 24.5 Å². The molecule has 1 aromatic rings. The second-order valence-electron chi connectivity index (χ2n) is 6.16. The number of amides is 2. The molecule has 2 atom stereocenters. The smallest absolute Gasteiger partial charge is 0.254 e. The molecule has 1 aromatic carbocycles. The van der Waals surface area contributed by atoms with Crippen LogP contribution in [0.25, 0.3) is 0 Å². The van der Waals surface area contributed by atoms with Gasteiger partial charge in [-0.25, -0.2) is 0 Å². The van der Waals surface area contributed by atoms with Crippen LogP contribution in [-0.2, 0) is 9.53 Å². The number of rotatable bonds is 2. The Bertz CT molecular complexity index is 560. The summed E-state index contributed by atoms with van der Waals surface area (Å²) in [7, 11) is 0. The zero-order valence-electron chi connectivity index (χ0n) is 13.1. The first-order chi connectivity index (χ1) is 10.5. The molecule has 0 radical (unpaired) electrons. The lowest BCUT2D eigenvalue weighted by Gasteiger charge is -2.35. The van der Waals surface area contributed by atoms with Gasteiger partial charge < -0.3 is 14.5 Å². The van der Waals surface area contributed by atoms with E-state index in [1.807, 2.05) is 43.0 Å². The average molecular weight is 302 g/mol. The predicted molar refractivity (Wildman–Crippen MR) is 83.9 cm³/mol. The fourth-order valence-corrected chi connectivity index (χ4v) is 3.23. The molecule has 2 heterocycles. The third kappa shape index (κ3) is 2.99. The van der Waals surface area contributed by atoms with E-state index in [0.29, 0.717) is 25.1 Å². The average Bonchev–Trinajstić information content (AvgIpc) is 2.92. The first-order valence-electron chi connectivity index (χ1n) is 7.90. The van der Waals surface area contributed by atoms with Crippen molar-refractivity contribution < 1.29 is 14.3 Å². The Labute approximate surface area is 130 Å². The number of benzene rings is 1. The summed E-state index contributed by atoms with van der Waals surface area (Å²) < 4.78 is 5.66. The van der Waals surface area contributed by atoms with Gasteiger partial charge in [0.2, 0.25) is 5.91 Å². The highest BCUT2D eigenvalue weighted by Crippen LogP contribution is 2.22. The first kappa shape index (κ1) is 15.0. The van der Waals surface area contributed by atoms with Gasteiger partial charge in [-0.15, -0.1) is 0 Å². The number of ether oxygens (including phenoxy) is 1. The van der Waals surface area contributed by atoms with Crippen LogP contribution in [0.3, 0.4) is 0 Å². The highest BCUT2D eigenvalue weighted by Gasteiger charge is 2.27. The molecule has 2 aliphatic heterocycles. The maximum absolute atomic E-state index is 12.6. The second-order valence-corrected chi connectivity index (χ2v) is 6.16. The van der Waals surface area contributed by atoms with Gasteiger partial charge in [0.15, 0.2) is 0 Å². The van der Waals surface area contributed by atoms with Gasteiger partial charge in [0.1, 0.15) is 0 Å². The molecular formula is C17H22N2O3. The zero-order chi connectivity index (χ0) is 15.7. The lowest BCUT2D eigenvalue weighted by molar-refractivity contribution is -0.117. The van der Waals surface area contributed by atoms with Crippen molar-refractivity contribution in [3.05, 3.63) is 29.8 Å². The lowest BCUT2D eigenvalue weighted by atomic mass is 10.1. The Kier molecular flexibility index (Phi) is 4.16. The predicted octanol–water partition coefficient (Wildman–Crippen LogP) is 2.06. The van der Waals surface area contributed by atoms with Crippen LogP contribution in [0.2, 0.25) is 0 Å². The molecule has 2 amide bonds. The molecule has 118 valence electrons. The molecule has 2 aliphatic rings. The molecular weight excluding hydrogens is 280 g/mol. The van der Waals surface area contributed by atoms with Gasteiger partial charge in [-0.2, -0.15) is 0 Å². The van der Waals surface area contributed by atoms with Crippen molar-refractivity contribution >= 4 is 17.5 Å². The minimum atomic E-state index is 0.0290. The summed E-state index contributed by atoms with van der Waals surface area (Å²) in [6.07, 6.45) is 1.65. The Morgan fingerprint density at radius 3 is 2.32 bits per heavy atom. The van der Waals surface area contributed by atoms with Crippen molar-refractivity contribution in [1.29, 1.82) is 0 Å². The van der Waals surface area contributed by atoms with Crippen LogP contribution in [-0.4, -0.2) is 48.6 Å². The molecule has 0 bridgehead atoms. The van der Waals surface area contributed by atoms with Crippen LogP contribution in [0.5, 0.6) is 0 Å². The van der Waals surface area contributed by atoms with Gasteiger partial charge >= 0.3 is 0 Å². The number of hydrogen-bond donors (Lipinski definition) is 0. The van der Waals surface area contributed by atoms with Crippen LogP contribution in [0.4, 0.5) is 5.69 Å². The summed E-state index contributed by atoms with van der Waals surface area (Å²) in [5, 5.41) is 0. The monoisotopic (exact) mass is 302 g/mol. The topological polar surface area (TPSA) is 49.9 Å². The number of morpholine rings is 1. The van der Waals surface area contributed by atoms with Crippen LogP contribution < -0.4 is 4.90 Å². The molecule has 0 N–H and O–H groups in total. The first-order valence-corrected chi connectivity index (χ1v) is 7.90. The van der Waals surface area contributed by atoms with Crippen LogP contribution in [0.15, 0.2) is 24.3 Å². The summed E-state index contributed by atoms with van der Waals surface area (Å²) in [5.41, 5.74) is 1.54. The molecule has 0 saturated carbocycles. The quantitative estimate of drug-likeness (QED) is 0.840. The van der Waals surface area contributed by atoms with E-state index in [4.69, 9.17) is 4.74 Å². The van der Waals surface area contributed by atoms with E-state index in [1.54, 1.807) is 4.90 Å². The fraction of sp³-hybridized carbons (Fsp3) is 0.529. The van der Waals surface area contributed by atoms with Crippen LogP contribution >= 0.6 is 0 Å². The lowest BCUT2D eigenvalue weighted by Crippen LogP contribution is -2.48. The number of anilines is 1. The summed E-state index contributed by atoms with van der Waals surface area (Å²) in [4.78, 5) is 28.0. The van der Waals surface area contributed by atoms with Crippen molar-refractivity contribution in [3.63, 3.8) is 0 Å². The van der Waals surface area contributed by atoms with Crippen molar-refractivity contribution in [3.8, 4) is 0 Å².